The maximum atomic E-state index is 3.25. The van der Waals surface area contributed by atoms with E-state index in [-0.39, 0.29) is 0 Å². The van der Waals surface area contributed by atoms with E-state index >= 15 is 0 Å². The van der Waals surface area contributed by atoms with E-state index in [4.69, 9.17) is 0 Å². The normalized spacial score (nSPS) is 18.0. The molecule has 1 aromatic heterocycles. The summed E-state index contributed by atoms with van der Waals surface area (Å²) in [6.07, 6.45) is 3.80. The first kappa shape index (κ1) is 12.3. The summed E-state index contributed by atoms with van der Waals surface area (Å²) >= 11 is 0. The highest BCUT2D eigenvalue weighted by Gasteiger charge is 2.35. The Morgan fingerprint density at radius 3 is 2.80 bits per heavy atom. The molecule has 5 rings (SSSR count). The number of benzene rings is 1. The van der Waals surface area contributed by atoms with Crippen molar-refractivity contribution in [3.63, 3.8) is 0 Å². The molecule has 2 aromatic rings. The second-order valence-corrected chi connectivity index (χ2v) is 6.26. The molecule has 0 radical (unpaired) electrons. The number of aryl methyl sites for hydroxylation is 1. The van der Waals surface area contributed by atoms with Crippen molar-refractivity contribution in [1.29, 1.82) is 0 Å². The molecule has 0 atom stereocenters. The number of nitrogens with zero attached hydrogens (tertiary/aromatic N) is 2. The van der Waals surface area contributed by atoms with Crippen LogP contribution in [0.25, 0.3) is 10.9 Å². The monoisotopic (exact) mass is 269 g/mol. The molecular weight excluding hydrogens is 246 g/mol. The summed E-state index contributed by atoms with van der Waals surface area (Å²) in [6, 6.07) is 7.05. The predicted molar refractivity (Wildman–Crippen MR) is 84.7 cm³/mol. The number of rotatable bonds is 3. The quantitative estimate of drug-likeness (QED) is 0.924. The van der Waals surface area contributed by atoms with Crippen molar-refractivity contribution in [3.05, 3.63) is 29.3 Å². The minimum atomic E-state index is 0.790. The average molecular weight is 269 g/mol. The fourth-order valence-corrected chi connectivity index (χ4v) is 4.10. The van der Waals surface area contributed by atoms with Gasteiger partial charge in [0.1, 0.15) is 5.82 Å². The van der Waals surface area contributed by atoms with Crippen LogP contribution in [0.15, 0.2) is 18.2 Å². The van der Waals surface area contributed by atoms with E-state index in [1.165, 1.54) is 48.2 Å². The zero-order chi connectivity index (χ0) is 13.7. The van der Waals surface area contributed by atoms with Gasteiger partial charge in [-0.05, 0) is 56.5 Å². The number of anilines is 1. The third-order valence-corrected chi connectivity index (χ3v) is 5.14. The molecule has 0 aliphatic carbocycles. The number of likely N-dealkylation sites (N-methyl/N-ethyl adjacent to an activating group) is 1. The Hall–Kier alpha value is -1.48. The van der Waals surface area contributed by atoms with Gasteiger partial charge in [-0.3, -0.25) is 0 Å². The highest BCUT2D eigenvalue weighted by molar-refractivity contribution is 5.92. The largest absolute Gasteiger partial charge is 0.358 e. The summed E-state index contributed by atoms with van der Waals surface area (Å²) in [5.74, 6) is 2.28. The van der Waals surface area contributed by atoms with Gasteiger partial charge in [-0.25, -0.2) is 0 Å². The molecule has 3 heteroatoms. The molecule has 4 heterocycles. The third kappa shape index (κ3) is 1.62. The van der Waals surface area contributed by atoms with E-state index in [0.717, 1.165) is 18.9 Å². The van der Waals surface area contributed by atoms with Crippen LogP contribution in [0.4, 0.5) is 5.82 Å². The van der Waals surface area contributed by atoms with Crippen LogP contribution in [0.3, 0.4) is 0 Å². The van der Waals surface area contributed by atoms with Gasteiger partial charge in [-0.1, -0.05) is 6.07 Å². The van der Waals surface area contributed by atoms with Gasteiger partial charge in [0, 0.05) is 36.6 Å². The van der Waals surface area contributed by atoms with Gasteiger partial charge >= 0.3 is 0 Å². The van der Waals surface area contributed by atoms with Gasteiger partial charge in [0.15, 0.2) is 0 Å². The molecule has 1 aromatic carbocycles. The molecule has 2 bridgehead atoms. The van der Waals surface area contributed by atoms with Crippen LogP contribution in [-0.2, 0) is 13.5 Å². The Labute approximate surface area is 120 Å². The maximum absolute atomic E-state index is 3.25. The zero-order valence-corrected chi connectivity index (χ0v) is 12.4. The van der Waals surface area contributed by atoms with Gasteiger partial charge in [0.25, 0.3) is 0 Å². The van der Waals surface area contributed by atoms with E-state index in [1.54, 1.807) is 5.56 Å². The van der Waals surface area contributed by atoms with Gasteiger partial charge in [0.2, 0.25) is 0 Å². The third-order valence-electron chi connectivity index (χ3n) is 5.14. The van der Waals surface area contributed by atoms with Crippen molar-refractivity contribution in [2.75, 3.05) is 31.6 Å². The molecule has 0 saturated carbocycles. The number of hydrogen-bond acceptors (Lipinski definition) is 2. The van der Waals surface area contributed by atoms with E-state index < -0.39 is 0 Å². The Balaban J connectivity index is 1.89. The first-order chi connectivity index (χ1) is 9.79. The summed E-state index contributed by atoms with van der Waals surface area (Å²) in [4.78, 5) is 2.59. The predicted octanol–water partition coefficient (Wildman–Crippen LogP) is 2.64. The van der Waals surface area contributed by atoms with Crippen molar-refractivity contribution in [1.82, 2.24) is 9.88 Å². The highest BCUT2D eigenvalue weighted by atomic mass is 15.3. The summed E-state index contributed by atoms with van der Waals surface area (Å²) in [5.41, 5.74) is 4.49. The highest BCUT2D eigenvalue weighted by Crippen LogP contribution is 2.47. The number of fused-ring (bicyclic) bond motifs is 3. The number of hydrogen-bond donors (Lipinski definition) is 1. The second-order valence-electron chi connectivity index (χ2n) is 6.26. The van der Waals surface area contributed by atoms with Crippen LogP contribution in [0.1, 0.15) is 29.9 Å². The second kappa shape index (κ2) is 4.52. The Kier molecular flexibility index (Phi) is 2.77. The van der Waals surface area contributed by atoms with Gasteiger partial charge in [-0.2, -0.15) is 0 Å². The Morgan fingerprint density at radius 1 is 1.25 bits per heavy atom. The lowest BCUT2D eigenvalue weighted by atomic mass is 9.84. The van der Waals surface area contributed by atoms with Crippen LogP contribution in [0, 0.1) is 0 Å². The van der Waals surface area contributed by atoms with Crippen LogP contribution >= 0.6 is 0 Å². The van der Waals surface area contributed by atoms with Crippen molar-refractivity contribution >= 4 is 16.7 Å². The number of nitrogens with one attached hydrogen (secondary N) is 1. The zero-order valence-electron chi connectivity index (χ0n) is 12.4. The standard InChI is InChI=1S/C17H23N3/c1-18-8-5-12-3-4-15-14(11-12)16-13-6-9-20(10-7-13)17(16)19(15)2/h3-4,11,13,18H,5-10H2,1-2H3. The summed E-state index contributed by atoms with van der Waals surface area (Å²) in [6.45, 7) is 3.54. The average Bonchev–Trinajstić information content (AvgIpc) is 2.82. The van der Waals surface area contributed by atoms with Crippen molar-refractivity contribution in [2.24, 2.45) is 7.05 Å². The number of piperidine rings is 1. The van der Waals surface area contributed by atoms with E-state index in [1.807, 2.05) is 7.05 Å². The fraction of sp³-hybridized carbons (Fsp3) is 0.529. The first-order valence-electron chi connectivity index (χ1n) is 7.80. The SMILES string of the molecule is CNCCc1ccc2c(c1)c1c(n2C)N2CCC1CC2. The smallest absolute Gasteiger partial charge is 0.112 e. The van der Waals surface area contributed by atoms with E-state index in [0.29, 0.717) is 0 Å². The van der Waals surface area contributed by atoms with Crippen LogP contribution in [0.5, 0.6) is 0 Å². The molecule has 3 aliphatic heterocycles. The van der Waals surface area contributed by atoms with Crippen LogP contribution < -0.4 is 10.2 Å². The molecule has 106 valence electrons. The summed E-state index contributed by atoms with van der Waals surface area (Å²) < 4.78 is 2.41. The topological polar surface area (TPSA) is 20.2 Å². The minimum Gasteiger partial charge on any atom is -0.358 e. The molecule has 3 nitrogen and oxygen atoms in total. The lowest BCUT2D eigenvalue weighted by Crippen LogP contribution is -2.39. The molecule has 1 N–H and O–H groups in total. The Morgan fingerprint density at radius 2 is 2.05 bits per heavy atom. The molecule has 1 fully saturated rings. The molecule has 0 unspecified atom stereocenters. The number of aromatic nitrogens is 1. The first-order valence-corrected chi connectivity index (χ1v) is 7.80. The molecule has 3 aliphatic rings. The van der Waals surface area contributed by atoms with Crippen LogP contribution in [0.2, 0.25) is 0 Å². The molecular formula is C17H23N3. The van der Waals surface area contributed by atoms with E-state index in [2.05, 4.69) is 40.0 Å². The maximum Gasteiger partial charge on any atom is 0.112 e. The van der Waals surface area contributed by atoms with Crippen molar-refractivity contribution in [3.8, 4) is 0 Å². The van der Waals surface area contributed by atoms with Crippen molar-refractivity contribution < 1.29 is 0 Å². The molecule has 0 spiro atoms. The lowest BCUT2D eigenvalue weighted by molar-refractivity contribution is 0.469. The molecule has 20 heavy (non-hydrogen) atoms. The van der Waals surface area contributed by atoms with Crippen LogP contribution in [-0.4, -0.2) is 31.2 Å². The fourth-order valence-electron chi connectivity index (χ4n) is 4.10. The Bertz CT molecular complexity index is 648. The van der Waals surface area contributed by atoms with Gasteiger partial charge in [0.05, 0.1) is 0 Å². The lowest BCUT2D eigenvalue weighted by Gasteiger charge is -2.41. The van der Waals surface area contributed by atoms with Crippen molar-refractivity contribution in [2.45, 2.75) is 25.2 Å². The molecule has 1 saturated heterocycles. The minimum absolute atomic E-state index is 0.790. The molecule has 0 amide bonds. The van der Waals surface area contributed by atoms with E-state index in [9.17, 15) is 0 Å². The van der Waals surface area contributed by atoms with Gasteiger partial charge in [-0.15, -0.1) is 0 Å². The summed E-state index contributed by atoms with van der Waals surface area (Å²) in [7, 11) is 4.25. The van der Waals surface area contributed by atoms with Gasteiger partial charge < -0.3 is 14.8 Å². The summed E-state index contributed by atoms with van der Waals surface area (Å²) in [5, 5.41) is 4.75.